The number of halogens is 1. The molecule has 3 aromatic rings. The molecule has 2 aromatic carbocycles. The topological polar surface area (TPSA) is 35.0 Å². The van der Waals surface area contributed by atoms with Crippen LogP contribution in [0.4, 0.5) is 0 Å². The largest absolute Gasteiger partial charge is 0.497 e. The molecule has 0 N–H and O–H groups in total. The Morgan fingerprint density at radius 3 is 2.53 bits per heavy atom. The lowest BCUT2D eigenvalue weighted by Crippen LogP contribution is -1.92. The second kappa shape index (κ2) is 4.86. The molecule has 4 heteroatoms. The monoisotopic (exact) mass is 270 g/mol. The van der Waals surface area contributed by atoms with E-state index in [4.69, 9.17) is 16.3 Å². The number of ether oxygens (including phenoxy) is 1. The van der Waals surface area contributed by atoms with E-state index in [1.54, 1.807) is 7.11 Å². The summed E-state index contributed by atoms with van der Waals surface area (Å²) >= 11 is 5.99. The number of benzene rings is 2. The van der Waals surface area contributed by atoms with Crippen molar-refractivity contribution >= 4 is 22.5 Å². The lowest BCUT2D eigenvalue weighted by Gasteiger charge is -2.08. The molecule has 0 saturated carbocycles. The summed E-state index contributed by atoms with van der Waals surface area (Å²) in [6.45, 7) is 0. The minimum absolute atomic E-state index is 0.247. The zero-order chi connectivity index (χ0) is 13.2. The van der Waals surface area contributed by atoms with E-state index in [0.29, 0.717) is 0 Å². The van der Waals surface area contributed by atoms with E-state index >= 15 is 0 Å². The third-order valence-corrected chi connectivity index (χ3v) is 3.09. The third kappa shape index (κ3) is 2.25. The number of methoxy groups -OCH3 is 1. The Labute approximate surface area is 115 Å². The maximum Gasteiger partial charge on any atom is 0.223 e. The molecule has 0 aliphatic rings. The Kier molecular flexibility index (Phi) is 3.05. The SMILES string of the molecule is COc1ccc2nc(Cl)nc(-c3ccccc3)c2c1. The van der Waals surface area contributed by atoms with Crippen LogP contribution in [0.3, 0.4) is 0 Å². The third-order valence-electron chi connectivity index (χ3n) is 2.92. The van der Waals surface area contributed by atoms with Crippen molar-refractivity contribution in [1.82, 2.24) is 9.97 Å². The van der Waals surface area contributed by atoms with Crippen molar-refractivity contribution in [3.8, 4) is 17.0 Å². The zero-order valence-corrected chi connectivity index (χ0v) is 11.1. The lowest BCUT2D eigenvalue weighted by atomic mass is 10.1. The molecule has 0 aliphatic heterocycles. The summed E-state index contributed by atoms with van der Waals surface area (Å²) in [5.41, 5.74) is 2.62. The molecule has 0 amide bonds. The van der Waals surface area contributed by atoms with Crippen LogP contribution in [0.5, 0.6) is 5.75 Å². The van der Waals surface area contributed by atoms with Gasteiger partial charge >= 0.3 is 0 Å². The van der Waals surface area contributed by atoms with Crippen molar-refractivity contribution in [2.24, 2.45) is 0 Å². The first-order valence-corrected chi connectivity index (χ1v) is 6.22. The molecule has 0 spiro atoms. The smallest absolute Gasteiger partial charge is 0.223 e. The fourth-order valence-electron chi connectivity index (χ4n) is 2.02. The van der Waals surface area contributed by atoms with Crippen molar-refractivity contribution in [2.75, 3.05) is 7.11 Å². The first-order chi connectivity index (χ1) is 9.28. The fourth-order valence-corrected chi connectivity index (χ4v) is 2.20. The van der Waals surface area contributed by atoms with Gasteiger partial charge in [0.05, 0.1) is 18.3 Å². The molecular weight excluding hydrogens is 260 g/mol. The second-order valence-electron chi connectivity index (χ2n) is 4.09. The highest BCUT2D eigenvalue weighted by molar-refractivity contribution is 6.28. The van der Waals surface area contributed by atoms with E-state index < -0.39 is 0 Å². The summed E-state index contributed by atoms with van der Waals surface area (Å²) in [5, 5.41) is 1.17. The molecule has 3 rings (SSSR count). The normalized spacial score (nSPS) is 10.6. The second-order valence-corrected chi connectivity index (χ2v) is 4.43. The van der Waals surface area contributed by atoms with Crippen LogP contribution in [0.25, 0.3) is 22.2 Å². The van der Waals surface area contributed by atoms with Crippen LogP contribution in [0.1, 0.15) is 0 Å². The van der Waals surface area contributed by atoms with Crippen LogP contribution in [-0.4, -0.2) is 17.1 Å². The van der Waals surface area contributed by atoms with Gasteiger partial charge in [0, 0.05) is 10.9 Å². The van der Waals surface area contributed by atoms with Crippen LogP contribution in [0.15, 0.2) is 48.5 Å². The first-order valence-electron chi connectivity index (χ1n) is 5.84. The maximum absolute atomic E-state index is 5.99. The quantitative estimate of drug-likeness (QED) is 0.661. The number of aromatic nitrogens is 2. The van der Waals surface area contributed by atoms with Gasteiger partial charge in [-0.3, -0.25) is 0 Å². The standard InChI is InChI=1S/C15H11ClN2O/c1-19-11-7-8-13-12(9-11)14(18-15(16)17-13)10-5-3-2-4-6-10/h2-9H,1H3. The van der Waals surface area contributed by atoms with E-state index in [2.05, 4.69) is 9.97 Å². The highest BCUT2D eigenvalue weighted by atomic mass is 35.5. The van der Waals surface area contributed by atoms with Crippen LogP contribution >= 0.6 is 11.6 Å². The van der Waals surface area contributed by atoms with Gasteiger partial charge in [0.2, 0.25) is 5.28 Å². The summed E-state index contributed by atoms with van der Waals surface area (Å²) in [5.74, 6) is 0.774. The fraction of sp³-hybridized carbons (Fsp3) is 0.0667. The summed E-state index contributed by atoms with van der Waals surface area (Å²) in [4.78, 5) is 8.58. The minimum atomic E-state index is 0.247. The van der Waals surface area contributed by atoms with Gasteiger partial charge in [0.15, 0.2) is 0 Å². The summed E-state index contributed by atoms with van der Waals surface area (Å²) in [6.07, 6.45) is 0. The average Bonchev–Trinajstić information content (AvgIpc) is 2.47. The van der Waals surface area contributed by atoms with Crippen molar-refractivity contribution in [1.29, 1.82) is 0 Å². The van der Waals surface area contributed by atoms with Crippen LogP contribution in [0, 0.1) is 0 Å². The molecule has 0 radical (unpaired) electrons. The number of rotatable bonds is 2. The number of fused-ring (bicyclic) bond motifs is 1. The van der Waals surface area contributed by atoms with Gasteiger partial charge in [0.1, 0.15) is 5.75 Å². The van der Waals surface area contributed by atoms with Crippen molar-refractivity contribution < 1.29 is 4.74 Å². The molecular formula is C15H11ClN2O. The molecule has 0 unspecified atom stereocenters. The molecule has 0 atom stereocenters. The summed E-state index contributed by atoms with van der Waals surface area (Å²) < 4.78 is 5.25. The van der Waals surface area contributed by atoms with Crippen LogP contribution in [-0.2, 0) is 0 Å². The van der Waals surface area contributed by atoms with Crippen LogP contribution in [0.2, 0.25) is 5.28 Å². The predicted octanol–water partition coefficient (Wildman–Crippen LogP) is 3.96. The molecule has 1 aromatic heterocycles. The maximum atomic E-state index is 5.99. The van der Waals surface area contributed by atoms with E-state index in [-0.39, 0.29) is 5.28 Å². The molecule has 19 heavy (non-hydrogen) atoms. The molecule has 94 valence electrons. The Balaban J connectivity index is 2.33. The molecule has 0 fully saturated rings. The van der Waals surface area contributed by atoms with Crippen molar-refractivity contribution in [3.05, 3.63) is 53.8 Å². The van der Waals surface area contributed by atoms with Gasteiger partial charge in [-0.1, -0.05) is 30.3 Å². The summed E-state index contributed by atoms with van der Waals surface area (Å²) in [7, 11) is 1.64. The number of hydrogen-bond donors (Lipinski definition) is 0. The van der Waals surface area contributed by atoms with Gasteiger partial charge < -0.3 is 4.74 Å². The van der Waals surface area contributed by atoms with E-state index in [9.17, 15) is 0 Å². The molecule has 0 saturated heterocycles. The number of hydrogen-bond acceptors (Lipinski definition) is 3. The Bertz CT molecular complexity index is 729. The van der Waals surface area contributed by atoms with E-state index in [0.717, 1.165) is 27.9 Å². The van der Waals surface area contributed by atoms with Crippen molar-refractivity contribution in [2.45, 2.75) is 0 Å². The molecule has 0 aliphatic carbocycles. The van der Waals surface area contributed by atoms with Crippen molar-refractivity contribution in [3.63, 3.8) is 0 Å². The Hall–Kier alpha value is -2.13. The molecule has 1 heterocycles. The summed E-state index contributed by atoms with van der Waals surface area (Å²) in [6, 6.07) is 15.6. The predicted molar refractivity (Wildman–Crippen MR) is 76.5 cm³/mol. The van der Waals surface area contributed by atoms with Crippen LogP contribution < -0.4 is 4.74 Å². The van der Waals surface area contributed by atoms with Gasteiger partial charge in [0.25, 0.3) is 0 Å². The van der Waals surface area contributed by atoms with Gasteiger partial charge in [-0.25, -0.2) is 9.97 Å². The molecule has 0 bridgehead atoms. The molecule has 3 nitrogen and oxygen atoms in total. The zero-order valence-electron chi connectivity index (χ0n) is 10.3. The Morgan fingerprint density at radius 1 is 1.00 bits per heavy atom. The van der Waals surface area contributed by atoms with Gasteiger partial charge in [-0.2, -0.15) is 0 Å². The van der Waals surface area contributed by atoms with Gasteiger partial charge in [-0.15, -0.1) is 0 Å². The average molecular weight is 271 g/mol. The lowest BCUT2D eigenvalue weighted by molar-refractivity contribution is 0.415. The van der Waals surface area contributed by atoms with E-state index in [1.165, 1.54) is 0 Å². The highest BCUT2D eigenvalue weighted by Gasteiger charge is 2.09. The van der Waals surface area contributed by atoms with Gasteiger partial charge in [-0.05, 0) is 29.8 Å². The Morgan fingerprint density at radius 2 is 1.79 bits per heavy atom. The number of nitrogens with zero attached hydrogens (tertiary/aromatic N) is 2. The van der Waals surface area contributed by atoms with E-state index in [1.807, 2.05) is 48.5 Å². The minimum Gasteiger partial charge on any atom is -0.497 e. The first kappa shape index (κ1) is 11.9. The highest BCUT2D eigenvalue weighted by Crippen LogP contribution is 2.29.